The molecule has 1 aromatic rings. The number of carbonyl (C=O) groups is 2. The van der Waals surface area contributed by atoms with E-state index in [2.05, 4.69) is 0 Å². The molecule has 0 N–H and O–H groups in total. The minimum Gasteiger partial charge on any atom is -0.342 e. The zero-order valence-electron chi connectivity index (χ0n) is 13.2. The molecular formula is C18H24N2O2. The van der Waals surface area contributed by atoms with E-state index in [0.717, 1.165) is 37.9 Å². The zero-order valence-corrected chi connectivity index (χ0v) is 13.2. The van der Waals surface area contributed by atoms with Gasteiger partial charge in [-0.25, -0.2) is 0 Å². The number of likely N-dealkylation sites (tertiary alicyclic amines) is 1. The molecule has 2 amide bonds. The van der Waals surface area contributed by atoms with Crippen LogP contribution < -0.4 is 0 Å². The average molecular weight is 300 g/mol. The van der Waals surface area contributed by atoms with Gasteiger partial charge in [-0.2, -0.15) is 0 Å². The molecular weight excluding hydrogens is 276 g/mol. The summed E-state index contributed by atoms with van der Waals surface area (Å²) in [4.78, 5) is 28.6. The summed E-state index contributed by atoms with van der Waals surface area (Å²) in [6, 6.07) is 9.97. The summed E-state index contributed by atoms with van der Waals surface area (Å²) in [6.45, 7) is 2.35. The molecule has 2 aliphatic rings. The van der Waals surface area contributed by atoms with E-state index in [0.29, 0.717) is 6.54 Å². The van der Waals surface area contributed by atoms with Crippen molar-refractivity contribution in [2.24, 2.45) is 11.8 Å². The Morgan fingerprint density at radius 2 is 1.77 bits per heavy atom. The minimum absolute atomic E-state index is 0.0659. The lowest BCUT2D eigenvalue weighted by Gasteiger charge is -2.27. The molecule has 1 heterocycles. The third kappa shape index (κ3) is 3.32. The summed E-state index contributed by atoms with van der Waals surface area (Å²) in [5.74, 6) is 0.150. The highest BCUT2D eigenvalue weighted by Crippen LogP contribution is 2.41. The van der Waals surface area contributed by atoms with E-state index in [1.807, 2.05) is 42.3 Å². The highest BCUT2D eigenvalue weighted by molar-refractivity contribution is 5.92. The van der Waals surface area contributed by atoms with Crippen molar-refractivity contribution in [2.75, 3.05) is 20.1 Å². The molecule has 0 aromatic heterocycles. The SMILES string of the molecule is CN(Cc1ccccc1)C(=O)C1CC1C(=O)N1CCCCC1. The lowest BCUT2D eigenvalue weighted by atomic mass is 10.1. The van der Waals surface area contributed by atoms with Crippen molar-refractivity contribution in [1.82, 2.24) is 9.80 Å². The lowest BCUT2D eigenvalue weighted by Crippen LogP contribution is -2.38. The van der Waals surface area contributed by atoms with Gasteiger partial charge in [0.25, 0.3) is 0 Å². The summed E-state index contributed by atoms with van der Waals surface area (Å²) in [6.07, 6.45) is 4.15. The molecule has 0 spiro atoms. The Kier molecular flexibility index (Phi) is 4.46. The minimum atomic E-state index is -0.0943. The van der Waals surface area contributed by atoms with Gasteiger partial charge in [-0.3, -0.25) is 9.59 Å². The molecule has 3 rings (SSSR count). The molecule has 0 radical (unpaired) electrons. The second-order valence-electron chi connectivity index (χ2n) is 6.51. The molecule has 1 saturated carbocycles. The van der Waals surface area contributed by atoms with E-state index >= 15 is 0 Å². The van der Waals surface area contributed by atoms with Crippen LogP contribution in [-0.2, 0) is 16.1 Å². The molecule has 1 aromatic carbocycles. The summed E-state index contributed by atoms with van der Waals surface area (Å²) >= 11 is 0. The van der Waals surface area contributed by atoms with Gasteiger partial charge in [0.1, 0.15) is 0 Å². The van der Waals surface area contributed by atoms with E-state index in [9.17, 15) is 9.59 Å². The average Bonchev–Trinajstić information content (AvgIpc) is 3.35. The normalized spacial score (nSPS) is 24.0. The molecule has 22 heavy (non-hydrogen) atoms. The van der Waals surface area contributed by atoms with E-state index < -0.39 is 0 Å². The van der Waals surface area contributed by atoms with Gasteiger partial charge >= 0.3 is 0 Å². The van der Waals surface area contributed by atoms with Gasteiger partial charge in [0.15, 0.2) is 0 Å². The Balaban J connectivity index is 1.52. The molecule has 2 fully saturated rings. The van der Waals surface area contributed by atoms with Gasteiger partial charge in [0.05, 0.1) is 11.8 Å². The standard InChI is InChI=1S/C18H24N2O2/c1-19(13-14-8-4-2-5-9-14)17(21)15-12-16(15)18(22)20-10-6-3-7-11-20/h2,4-5,8-9,15-16H,3,6-7,10-13H2,1H3. The van der Waals surface area contributed by atoms with Crippen molar-refractivity contribution in [3.05, 3.63) is 35.9 Å². The first kappa shape index (κ1) is 15.1. The van der Waals surface area contributed by atoms with Crippen LogP contribution in [0.1, 0.15) is 31.2 Å². The predicted octanol–water partition coefficient (Wildman–Crippen LogP) is 2.29. The van der Waals surface area contributed by atoms with Crippen molar-refractivity contribution >= 4 is 11.8 Å². The lowest BCUT2D eigenvalue weighted by molar-refractivity contribution is -0.138. The first-order valence-corrected chi connectivity index (χ1v) is 8.24. The van der Waals surface area contributed by atoms with Crippen molar-refractivity contribution in [3.8, 4) is 0 Å². The van der Waals surface area contributed by atoms with Gasteiger partial charge in [0.2, 0.25) is 11.8 Å². The van der Waals surface area contributed by atoms with Crippen molar-refractivity contribution in [1.29, 1.82) is 0 Å². The van der Waals surface area contributed by atoms with E-state index in [4.69, 9.17) is 0 Å². The van der Waals surface area contributed by atoms with Gasteiger partial charge in [0, 0.05) is 26.7 Å². The van der Waals surface area contributed by atoms with E-state index in [1.165, 1.54) is 6.42 Å². The fourth-order valence-corrected chi connectivity index (χ4v) is 3.31. The van der Waals surface area contributed by atoms with Crippen LogP contribution in [0.25, 0.3) is 0 Å². The third-order valence-electron chi connectivity index (χ3n) is 4.73. The summed E-state index contributed by atoms with van der Waals surface area (Å²) in [7, 11) is 1.83. The number of rotatable bonds is 4. The first-order chi connectivity index (χ1) is 10.7. The second-order valence-corrected chi connectivity index (χ2v) is 6.51. The maximum atomic E-state index is 12.5. The summed E-state index contributed by atoms with van der Waals surface area (Å²) < 4.78 is 0. The number of carbonyl (C=O) groups excluding carboxylic acids is 2. The van der Waals surface area contributed by atoms with Crippen LogP contribution in [-0.4, -0.2) is 41.8 Å². The highest BCUT2D eigenvalue weighted by atomic mass is 16.2. The predicted molar refractivity (Wildman–Crippen MR) is 84.9 cm³/mol. The van der Waals surface area contributed by atoms with E-state index in [1.54, 1.807) is 4.90 Å². The monoisotopic (exact) mass is 300 g/mol. The van der Waals surface area contributed by atoms with Crippen LogP contribution in [0, 0.1) is 11.8 Å². The van der Waals surface area contributed by atoms with E-state index in [-0.39, 0.29) is 23.7 Å². The van der Waals surface area contributed by atoms with Crippen molar-refractivity contribution in [2.45, 2.75) is 32.2 Å². The molecule has 118 valence electrons. The first-order valence-electron chi connectivity index (χ1n) is 8.24. The Morgan fingerprint density at radius 1 is 1.09 bits per heavy atom. The van der Waals surface area contributed by atoms with Crippen LogP contribution in [0.15, 0.2) is 30.3 Å². The van der Waals surface area contributed by atoms with Gasteiger partial charge in [-0.15, -0.1) is 0 Å². The van der Waals surface area contributed by atoms with Crippen LogP contribution >= 0.6 is 0 Å². The zero-order chi connectivity index (χ0) is 15.5. The number of hydrogen-bond acceptors (Lipinski definition) is 2. The molecule has 1 aliphatic heterocycles. The Morgan fingerprint density at radius 3 is 2.45 bits per heavy atom. The second kappa shape index (κ2) is 6.51. The highest BCUT2D eigenvalue weighted by Gasteiger charge is 2.50. The Labute approximate surface area is 132 Å². The molecule has 4 heteroatoms. The van der Waals surface area contributed by atoms with Crippen molar-refractivity contribution < 1.29 is 9.59 Å². The van der Waals surface area contributed by atoms with Crippen LogP contribution in [0.3, 0.4) is 0 Å². The number of amides is 2. The van der Waals surface area contributed by atoms with Crippen molar-refractivity contribution in [3.63, 3.8) is 0 Å². The fourth-order valence-electron chi connectivity index (χ4n) is 3.31. The quantitative estimate of drug-likeness (QED) is 0.856. The molecule has 1 aliphatic carbocycles. The Bertz CT molecular complexity index is 537. The van der Waals surface area contributed by atoms with Gasteiger partial charge in [-0.1, -0.05) is 30.3 Å². The number of nitrogens with zero attached hydrogens (tertiary/aromatic N) is 2. The number of hydrogen-bond donors (Lipinski definition) is 0. The Hall–Kier alpha value is -1.84. The van der Waals surface area contributed by atoms with Crippen LogP contribution in [0.5, 0.6) is 0 Å². The molecule has 2 atom stereocenters. The smallest absolute Gasteiger partial charge is 0.226 e. The number of benzene rings is 1. The fraction of sp³-hybridized carbons (Fsp3) is 0.556. The third-order valence-corrected chi connectivity index (χ3v) is 4.73. The molecule has 2 unspecified atom stereocenters. The van der Waals surface area contributed by atoms with Gasteiger partial charge in [-0.05, 0) is 31.2 Å². The largest absolute Gasteiger partial charge is 0.342 e. The number of piperidine rings is 1. The van der Waals surface area contributed by atoms with Crippen LogP contribution in [0.4, 0.5) is 0 Å². The molecule has 1 saturated heterocycles. The molecule has 4 nitrogen and oxygen atoms in total. The topological polar surface area (TPSA) is 40.6 Å². The van der Waals surface area contributed by atoms with Crippen LogP contribution in [0.2, 0.25) is 0 Å². The molecule has 0 bridgehead atoms. The van der Waals surface area contributed by atoms with Gasteiger partial charge < -0.3 is 9.80 Å². The summed E-state index contributed by atoms with van der Waals surface area (Å²) in [5.41, 5.74) is 1.12. The maximum Gasteiger partial charge on any atom is 0.226 e. The maximum absolute atomic E-state index is 12.5. The summed E-state index contributed by atoms with van der Waals surface area (Å²) in [5, 5.41) is 0.